The van der Waals surface area contributed by atoms with Crippen LogP contribution >= 0.6 is 0 Å². The van der Waals surface area contributed by atoms with Gasteiger partial charge in [-0.25, -0.2) is 4.79 Å². The Hall–Kier alpha value is -4.72. The standard InChI is InChI=1S/C28H26N4O4/c1-19(16-26(33)34)21-11-9-20(10-12-21)18-32-15-5-8-24(27(32)35)25-14-13-23(17-29-25)31-28(36)30-22-6-3-2-4-7-22/h2-15,17,19H,16,18H2,1H3,(H,33,34)(H2,30,31,36)/t19-/m1/s1. The number of carbonyl (C=O) groups is 2. The Morgan fingerprint density at radius 1 is 0.917 bits per heavy atom. The van der Waals surface area contributed by atoms with Crippen LogP contribution in [0.2, 0.25) is 0 Å². The summed E-state index contributed by atoms with van der Waals surface area (Å²) in [5.41, 5.74) is 3.81. The molecule has 36 heavy (non-hydrogen) atoms. The summed E-state index contributed by atoms with van der Waals surface area (Å²) in [7, 11) is 0. The summed E-state index contributed by atoms with van der Waals surface area (Å²) in [5.74, 6) is -0.918. The first kappa shape index (κ1) is 24.4. The number of rotatable bonds is 8. The van der Waals surface area contributed by atoms with Crippen molar-refractivity contribution in [3.8, 4) is 11.3 Å². The van der Waals surface area contributed by atoms with E-state index < -0.39 is 5.97 Å². The molecule has 0 saturated carbocycles. The molecule has 2 heterocycles. The lowest BCUT2D eigenvalue weighted by Gasteiger charge is -2.12. The molecule has 2 aromatic carbocycles. The molecular weight excluding hydrogens is 456 g/mol. The van der Waals surface area contributed by atoms with Crippen LogP contribution in [0.1, 0.15) is 30.4 Å². The summed E-state index contributed by atoms with van der Waals surface area (Å²) in [6, 6.07) is 23.2. The molecular formula is C28H26N4O4. The molecule has 0 aliphatic heterocycles. The minimum absolute atomic E-state index is 0.0693. The molecule has 2 aromatic heterocycles. The van der Waals surface area contributed by atoms with E-state index in [4.69, 9.17) is 5.11 Å². The van der Waals surface area contributed by atoms with Crippen molar-refractivity contribution >= 4 is 23.4 Å². The van der Waals surface area contributed by atoms with Crippen molar-refractivity contribution in [3.05, 3.63) is 113 Å². The Morgan fingerprint density at radius 2 is 1.64 bits per heavy atom. The molecule has 0 fully saturated rings. The molecule has 8 heteroatoms. The molecule has 0 bridgehead atoms. The normalized spacial score (nSPS) is 11.5. The van der Waals surface area contributed by atoms with Crippen molar-refractivity contribution < 1.29 is 14.7 Å². The number of nitrogens with zero attached hydrogens (tertiary/aromatic N) is 2. The summed E-state index contributed by atoms with van der Waals surface area (Å²) in [6.07, 6.45) is 3.30. The number of carbonyl (C=O) groups excluding carboxylic acids is 1. The van der Waals surface area contributed by atoms with Crippen molar-refractivity contribution in [3.63, 3.8) is 0 Å². The van der Waals surface area contributed by atoms with E-state index in [0.717, 1.165) is 11.1 Å². The first-order valence-electron chi connectivity index (χ1n) is 11.5. The lowest BCUT2D eigenvalue weighted by atomic mass is 9.97. The smallest absolute Gasteiger partial charge is 0.323 e. The Bertz CT molecular complexity index is 1400. The maximum Gasteiger partial charge on any atom is 0.323 e. The van der Waals surface area contributed by atoms with E-state index in [0.29, 0.717) is 29.2 Å². The number of aromatic nitrogens is 2. The number of pyridine rings is 2. The molecule has 0 aliphatic carbocycles. The number of benzene rings is 2. The average molecular weight is 483 g/mol. The lowest BCUT2D eigenvalue weighted by molar-refractivity contribution is -0.137. The van der Waals surface area contributed by atoms with Crippen LogP contribution in [-0.2, 0) is 11.3 Å². The van der Waals surface area contributed by atoms with Crippen LogP contribution in [0.25, 0.3) is 11.3 Å². The molecule has 0 saturated heterocycles. The third-order valence-corrected chi connectivity index (χ3v) is 5.73. The highest BCUT2D eigenvalue weighted by Crippen LogP contribution is 2.20. The zero-order valence-electron chi connectivity index (χ0n) is 19.7. The number of carboxylic acids is 1. The molecule has 182 valence electrons. The largest absolute Gasteiger partial charge is 0.481 e. The van der Waals surface area contributed by atoms with Crippen LogP contribution < -0.4 is 16.2 Å². The van der Waals surface area contributed by atoms with Gasteiger partial charge in [0.1, 0.15) is 0 Å². The maximum absolute atomic E-state index is 13.1. The van der Waals surface area contributed by atoms with Gasteiger partial charge in [0.2, 0.25) is 0 Å². The van der Waals surface area contributed by atoms with E-state index >= 15 is 0 Å². The van der Waals surface area contributed by atoms with Crippen molar-refractivity contribution in [2.75, 3.05) is 10.6 Å². The lowest BCUT2D eigenvalue weighted by Crippen LogP contribution is -2.22. The average Bonchev–Trinajstić information content (AvgIpc) is 2.86. The number of nitrogens with one attached hydrogen (secondary N) is 2. The molecule has 1 atom stereocenters. The van der Waals surface area contributed by atoms with Crippen molar-refractivity contribution in [1.82, 2.24) is 9.55 Å². The van der Waals surface area contributed by atoms with Crippen LogP contribution in [0.4, 0.5) is 16.2 Å². The summed E-state index contributed by atoms with van der Waals surface area (Å²) in [5, 5.41) is 14.4. The maximum atomic E-state index is 13.1. The summed E-state index contributed by atoms with van der Waals surface area (Å²) >= 11 is 0. The second-order valence-electron chi connectivity index (χ2n) is 8.47. The number of urea groups is 1. The number of aliphatic carboxylic acids is 1. The van der Waals surface area contributed by atoms with Crippen LogP contribution in [0.15, 0.2) is 96.1 Å². The van der Waals surface area contributed by atoms with Crippen LogP contribution in [-0.4, -0.2) is 26.7 Å². The van der Waals surface area contributed by atoms with E-state index in [-0.39, 0.29) is 23.9 Å². The zero-order valence-corrected chi connectivity index (χ0v) is 19.7. The fourth-order valence-electron chi connectivity index (χ4n) is 3.83. The Morgan fingerprint density at radius 3 is 2.31 bits per heavy atom. The van der Waals surface area contributed by atoms with Gasteiger partial charge in [0.05, 0.1) is 36.1 Å². The SMILES string of the molecule is C[C@H](CC(=O)O)c1ccc(Cn2cccc(-c3ccc(NC(=O)Nc4ccccc4)cn3)c2=O)cc1. The number of para-hydroxylation sites is 1. The van der Waals surface area contributed by atoms with E-state index in [9.17, 15) is 14.4 Å². The predicted molar refractivity (Wildman–Crippen MR) is 139 cm³/mol. The number of hydrogen-bond acceptors (Lipinski definition) is 4. The third kappa shape index (κ3) is 6.24. The molecule has 3 N–H and O–H groups in total. The van der Waals surface area contributed by atoms with Gasteiger partial charge in [-0.3, -0.25) is 14.6 Å². The fraction of sp³-hybridized carbons (Fsp3) is 0.143. The first-order valence-corrected chi connectivity index (χ1v) is 11.5. The van der Waals surface area contributed by atoms with Crippen LogP contribution in [0, 0.1) is 0 Å². The second-order valence-corrected chi connectivity index (χ2v) is 8.47. The topological polar surface area (TPSA) is 113 Å². The summed E-state index contributed by atoms with van der Waals surface area (Å²) in [4.78, 5) is 40.6. The minimum Gasteiger partial charge on any atom is -0.481 e. The van der Waals surface area contributed by atoms with Crippen molar-refractivity contribution in [1.29, 1.82) is 0 Å². The Kier molecular flexibility index (Phi) is 7.55. The van der Waals surface area contributed by atoms with Gasteiger partial charge in [-0.2, -0.15) is 0 Å². The zero-order chi connectivity index (χ0) is 25.5. The number of hydrogen-bond donors (Lipinski definition) is 3. The van der Waals surface area contributed by atoms with Crippen molar-refractivity contribution in [2.24, 2.45) is 0 Å². The second kappa shape index (κ2) is 11.1. The van der Waals surface area contributed by atoms with E-state index in [2.05, 4.69) is 15.6 Å². The predicted octanol–water partition coefficient (Wildman–Crippen LogP) is 5.18. The highest BCUT2D eigenvalue weighted by molar-refractivity contribution is 5.99. The molecule has 0 radical (unpaired) electrons. The van der Waals surface area contributed by atoms with E-state index in [1.165, 1.54) is 6.20 Å². The molecule has 0 unspecified atom stereocenters. The first-order chi connectivity index (χ1) is 17.4. The van der Waals surface area contributed by atoms with Gasteiger partial charge in [0, 0.05) is 11.9 Å². The van der Waals surface area contributed by atoms with Gasteiger partial charge in [0.15, 0.2) is 0 Å². The van der Waals surface area contributed by atoms with Crippen molar-refractivity contribution in [2.45, 2.75) is 25.8 Å². The molecule has 0 aliphatic rings. The molecule has 4 aromatic rings. The van der Waals surface area contributed by atoms with E-state index in [1.54, 1.807) is 47.2 Å². The highest BCUT2D eigenvalue weighted by Gasteiger charge is 2.11. The summed E-state index contributed by atoms with van der Waals surface area (Å²) < 4.78 is 1.60. The van der Waals surface area contributed by atoms with Gasteiger partial charge >= 0.3 is 12.0 Å². The van der Waals surface area contributed by atoms with Gasteiger partial charge in [-0.15, -0.1) is 0 Å². The third-order valence-electron chi connectivity index (χ3n) is 5.73. The quantitative estimate of drug-likeness (QED) is 0.320. The van der Waals surface area contributed by atoms with Gasteiger partial charge in [-0.05, 0) is 53.4 Å². The molecule has 8 nitrogen and oxygen atoms in total. The van der Waals surface area contributed by atoms with E-state index in [1.807, 2.05) is 49.4 Å². The Balaban J connectivity index is 1.44. The van der Waals surface area contributed by atoms with Gasteiger partial charge in [-0.1, -0.05) is 49.4 Å². The number of carboxylic acid groups (broad SMARTS) is 1. The molecule has 4 rings (SSSR count). The molecule has 2 amide bonds. The monoisotopic (exact) mass is 482 g/mol. The molecule has 0 spiro atoms. The highest BCUT2D eigenvalue weighted by atomic mass is 16.4. The van der Waals surface area contributed by atoms with Crippen LogP contribution in [0.5, 0.6) is 0 Å². The van der Waals surface area contributed by atoms with Gasteiger partial charge in [0.25, 0.3) is 5.56 Å². The minimum atomic E-state index is -0.831. The fourth-order valence-corrected chi connectivity index (χ4v) is 3.83. The Labute approximate surface area is 208 Å². The van der Waals surface area contributed by atoms with Gasteiger partial charge < -0.3 is 20.3 Å². The van der Waals surface area contributed by atoms with Crippen LogP contribution in [0.3, 0.4) is 0 Å². The number of amides is 2. The number of anilines is 2. The summed E-state index contributed by atoms with van der Waals surface area (Å²) in [6.45, 7) is 2.25.